The molecule has 7 rings (SSSR count). The fraction of sp³-hybridized carbons (Fsp3) is 0.700. The molecular weight excluding hydrogens is 288 g/mol. The van der Waals surface area contributed by atoms with Crippen LogP contribution in [0.4, 0.5) is 0 Å². The zero-order valence-electron chi connectivity index (χ0n) is 13.4. The molecule has 0 aromatic heterocycles. The van der Waals surface area contributed by atoms with Crippen LogP contribution in [0.15, 0.2) is 35.6 Å². The first-order chi connectivity index (χ1) is 11.3. The van der Waals surface area contributed by atoms with Crippen molar-refractivity contribution < 1.29 is 14.2 Å². The van der Waals surface area contributed by atoms with Crippen LogP contribution in [0.2, 0.25) is 0 Å². The fourth-order valence-corrected chi connectivity index (χ4v) is 6.08. The summed E-state index contributed by atoms with van der Waals surface area (Å²) < 4.78 is 18.8. The highest BCUT2D eigenvalue weighted by Gasteiger charge is 2.54. The Bertz CT molecular complexity index is 618. The van der Waals surface area contributed by atoms with E-state index in [4.69, 9.17) is 14.2 Å². The zero-order chi connectivity index (χ0) is 15.0. The molecule has 0 amide bonds. The van der Waals surface area contributed by atoms with Gasteiger partial charge in [-0.25, -0.2) is 0 Å². The van der Waals surface area contributed by atoms with E-state index in [1.165, 1.54) is 44.1 Å². The minimum absolute atomic E-state index is 0.181. The van der Waals surface area contributed by atoms with Gasteiger partial charge in [-0.2, -0.15) is 0 Å². The van der Waals surface area contributed by atoms with E-state index in [0.29, 0.717) is 36.3 Å². The number of hydrogen-bond acceptors (Lipinski definition) is 3. The topological polar surface area (TPSA) is 27.7 Å². The molecule has 0 radical (unpaired) electrons. The van der Waals surface area contributed by atoms with Crippen LogP contribution in [-0.4, -0.2) is 30.5 Å². The average Bonchev–Trinajstić information content (AvgIpc) is 3.30. The summed E-state index contributed by atoms with van der Waals surface area (Å²) in [6.45, 7) is 0. The van der Waals surface area contributed by atoms with E-state index in [1.54, 1.807) is 0 Å². The molecule has 5 heterocycles. The van der Waals surface area contributed by atoms with Gasteiger partial charge in [-0.3, -0.25) is 0 Å². The van der Waals surface area contributed by atoms with Gasteiger partial charge in [-0.1, -0.05) is 6.08 Å². The van der Waals surface area contributed by atoms with Gasteiger partial charge in [0.25, 0.3) is 0 Å². The summed E-state index contributed by atoms with van der Waals surface area (Å²) in [5, 5.41) is 0. The van der Waals surface area contributed by atoms with Crippen LogP contribution < -0.4 is 0 Å². The maximum atomic E-state index is 6.50. The number of hydrogen-bond donors (Lipinski definition) is 0. The molecule has 8 atom stereocenters. The van der Waals surface area contributed by atoms with Crippen molar-refractivity contribution in [2.24, 2.45) is 17.8 Å². The lowest BCUT2D eigenvalue weighted by Gasteiger charge is -2.51. The lowest BCUT2D eigenvalue weighted by molar-refractivity contribution is -0.202. The number of ether oxygens (including phenoxy) is 3. The minimum atomic E-state index is 0.181. The van der Waals surface area contributed by atoms with Crippen LogP contribution in [0.1, 0.15) is 38.5 Å². The summed E-state index contributed by atoms with van der Waals surface area (Å²) in [5.74, 6) is 3.03. The molecule has 3 heteroatoms. The quantitative estimate of drug-likeness (QED) is 0.781. The molecule has 3 saturated heterocycles. The van der Waals surface area contributed by atoms with Crippen LogP contribution >= 0.6 is 0 Å². The summed E-state index contributed by atoms with van der Waals surface area (Å²) in [5.41, 5.74) is 1.50. The summed E-state index contributed by atoms with van der Waals surface area (Å²) in [7, 11) is 0. The Morgan fingerprint density at radius 1 is 0.913 bits per heavy atom. The van der Waals surface area contributed by atoms with Crippen molar-refractivity contribution in [2.45, 2.75) is 69.0 Å². The van der Waals surface area contributed by atoms with Crippen LogP contribution in [0.3, 0.4) is 0 Å². The van der Waals surface area contributed by atoms with Gasteiger partial charge in [0, 0.05) is 0 Å². The highest BCUT2D eigenvalue weighted by atomic mass is 16.6. The molecule has 0 spiro atoms. The lowest BCUT2D eigenvalue weighted by Crippen LogP contribution is -2.54. The van der Waals surface area contributed by atoms with Gasteiger partial charge in [0.2, 0.25) is 0 Å². The van der Waals surface area contributed by atoms with E-state index in [2.05, 4.69) is 24.3 Å². The van der Waals surface area contributed by atoms with Crippen LogP contribution in [0.25, 0.3) is 0 Å². The average molecular weight is 312 g/mol. The van der Waals surface area contributed by atoms with Crippen molar-refractivity contribution in [2.75, 3.05) is 0 Å². The van der Waals surface area contributed by atoms with Crippen molar-refractivity contribution in [1.29, 1.82) is 0 Å². The third kappa shape index (κ3) is 1.90. The second-order valence-corrected chi connectivity index (χ2v) is 8.24. The molecule has 2 saturated carbocycles. The summed E-state index contributed by atoms with van der Waals surface area (Å²) in [6.07, 6.45) is 18.1. The Kier molecular flexibility index (Phi) is 2.73. The second kappa shape index (κ2) is 4.73. The monoisotopic (exact) mass is 312 g/mol. The van der Waals surface area contributed by atoms with Gasteiger partial charge in [-0.15, -0.1) is 0 Å². The van der Waals surface area contributed by atoms with Crippen molar-refractivity contribution in [3.63, 3.8) is 0 Å². The van der Waals surface area contributed by atoms with Crippen molar-refractivity contribution in [3.8, 4) is 0 Å². The molecule has 7 aliphatic rings. The Morgan fingerprint density at radius 2 is 1.78 bits per heavy atom. The van der Waals surface area contributed by atoms with Crippen LogP contribution in [0.5, 0.6) is 0 Å². The molecule has 3 nitrogen and oxygen atoms in total. The maximum absolute atomic E-state index is 6.50. The van der Waals surface area contributed by atoms with Crippen molar-refractivity contribution in [3.05, 3.63) is 35.6 Å². The van der Waals surface area contributed by atoms with Gasteiger partial charge in [0.05, 0.1) is 24.4 Å². The minimum Gasteiger partial charge on any atom is -0.482 e. The summed E-state index contributed by atoms with van der Waals surface area (Å²) in [4.78, 5) is 0. The molecule has 0 aromatic carbocycles. The van der Waals surface area contributed by atoms with Crippen molar-refractivity contribution in [1.82, 2.24) is 0 Å². The third-order valence-electron chi connectivity index (χ3n) is 7.07. The van der Waals surface area contributed by atoms with E-state index in [1.807, 2.05) is 0 Å². The standard InChI is InChI=1S/C20H24O3/c1-2-12-10-17(18(3-1)21-12)16-9-14-6-7-15(16)20(23-14)19-11-4-5-13(8-11)22-19/h1-3,10-11,13-16,18-20H,4-9H2. The normalized spacial score (nSPS) is 52.5. The van der Waals surface area contributed by atoms with E-state index in [-0.39, 0.29) is 6.10 Å². The SMILES string of the molecule is C1=CC2OC(=C1)C=C2C1CC2CCC1C(C1OC3CCC1C3)O2. The van der Waals surface area contributed by atoms with Gasteiger partial charge in [-0.05, 0) is 80.1 Å². The van der Waals surface area contributed by atoms with Crippen LogP contribution in [-0.2, 0) is 14.2 Å². The predicted octanol–water partition coefficient (Wildman–Crippen LogP) is 3.52. The molecule has 8 unspecified atom stereocenters. The first kappa shape index (κ1) is 13.3. The van der Waals surface area contributed by atoms with E-state index < -0.39 is 0 Å². The Labute approximate surface area is 137 Å². The smallest absolute Gasteiger partial charge is 0.139 e. The van der Waals surface area contributed by atoms with Gasteiger partial charge in [0.1, 0.15) is 11.9 Å². The van der Waals surface area contributed by atoms with E-state index in [9.17, 15) is 0 Å². The Hall–Kier alpha value is -1.06. The molecule has 23 heavy (non-hydrogen) atoms. The highest BCUT2D eigenvalue weighted by Crippen LogP contribution is 2.53. The molecule has 5 fully saturated rings. The Morgan fingerprint density at radius 3 is 2.57 bits per heavy atom. The van der Waals surface area contributed by atoms with Gasteiger partial charge in [0.15, 0.2) is 0 Å². The van der Waals surface area contributed by atoms with E-state index >= 15 is 0 Å². The molecule has 122 valence electrons. The molecule has 6 bridgehead atoms. The molecule has 2 aliphatic carbocycles. The molecule has 5 aliphatic heterocycles. The number of allylic oxidation sites excluding steroid dienone is 3. The van der Waals surface area contributed by atoms with Crippen LogP contribution in [0, 0.1) is 17.8 Å². The third-order valence-corrected chi connectivity index (χ3v) is 7.07. The zero-order valence-corrected chi connectivity index (χ0v) is 13.4. The molecule has 0 N–H and O–H groups in total. The van der Waals surface area contributed by atoms with E-state index in [0.717, 1.165) is 11.7 Å². The lowest BCUT2D eigenvalue weighted by atomic mass is 9.66. The fourth-order valence-electron chi connectivity index (χ4n) is 6.08. The molecule has 0 aromatic rings. The highest BCUT2D eigenvalue weighted by molar-refractivity contribution is 5.40. The summed E-state index contributed by atoms with van der Waals surface area (Å²) >= 11 is 0. The second-order valence-electron chi connectivity index (χ2n) is 8.24. The maximum Gasteiger partial charge on any atom is 0.139 e. The first-order valence-corrected chi connectivity index (χ1v) is 9.43. The van der Waals surface area contributed by atoms with Gasteiger partial charge >= 0.3 is 0 Å². The number of rotatable bonds is 2. The largest absolute Gasteiger partial charge is 0.482 e. The van der Waals surface area contributed by atoms with Gasteiger partial charge < -0.3 is 14.2 Å². The van der Waals surface area contributed by atoms with Crippen molar-refractivity contribution >= 4 is 0 Å². The number of fused-ring (bicyclic) bond motifs is 7. The predicted molar refractivity (Wildman–Crippen MR) is 85.7 cm³/mol. The first-order valence-electron chi connectivity index (χ1n) is 9.43. The summed E-state index contributed by atoms with van der Waals surface area (Å²) in [6, 6.07) is 0. The molecular formula is C20H24O3. The Balaban J connectivity index is 1.30.